The average molecular weight is 282 g/mol. The molecule has 2 saturated carbocycles. The first kappa shape index (κ1) is 14.2. The van der Waals surface area contributed by atoms with Gasteiger partial charge in [-0.2, -0.15) is 11.8 Å². The third-order valence-corrected chi connectivity index (χ3v) is 6.76. The van der Waals surface area contributed by atoms with E-state index in [1.807, 2.05) is 0 Å². The third kappa shape index (κ3) is 3.89. The van der Waals surface area contributed by atoms with Gasteiger partial charge in [0, 0.05) is 23.9 Å². The van der Waals surface area contributed by atoms with Gasteiger partial charge in [0.05, 0.1) is 0 Å². The summed E-state index contributed by atoms with van der Waals surface area (Å²) in [5.41, 5.74) is 0. The molecule has 0 aromatic rings. The van der Waals surface area contributed by atoms with E-state index in [-0.39, 0.29) is 0 Å². The van der Waals surface area contributed by atoms with Crippen LogP contribution in [0.15, 0.2) is 0 Å². The van der Waals surface area contributed by atoms with Gasteiger partial charge in [-0.3, -0.25) is 0 Å². The number of nitrogens with one attached hydrogen (secondary N) is 1. The molecular formula is C16H30N2S. The van der Waals surface area contributed by atoms with Gasteiger partial charge in [-0.25, -0.2) is 0 Å². The third-order valence-electron chi connectivity index (χ3n) is 5.35. The van der Waals surface area contributed by atoms with E-state index in [0.29, 0.717) is 4.75 Å². The predicted octanol–water partition coefficient (Wildman–Crippen LogP) is 3.13. The van der Waals surface area contributed by atoms with Crippen molar-refractivity contribution in [2.45, 2.75) is 62.2 Å². The van der Waals surface area contributed by atoms with Crippen LogP contribution in [0.2, 0.25) is 0 Å². The van der Waals surface area contributed by atoms with E-state index in [4.69, 9.17) is 0 Å². The molecule has 3 rings (SSSR count). The molecule has 1 atom stereocenters. The van der Waals surface area contributed by atoms with Crippen molar-refractivity contribution in [3.05, 3.63) is 0 Å². The van der Waals surface area contributed by atoms with E-state index in [1.54, 1.807) is 0 Å². The van der Waals surface area contributed by atoms with E-state index < -0.39 is 0 Å². The summed E-state index contributed by atoms with van der Waals surface area (Å²) in [5.74, 6) is 0.920. The number of nitrogens with zero attached hydrogens (tertiary/aromatic N) is 1. The molecule has 1 saturated heterocycles. The van der Waals surface area contributed by atoms with Crippen molar-refractivity contribution in [2.75, 3.05) is 32.4 Å². The molecule has 110 valence electrons. The highest BCUT2D eigenvalue weighted by Crippen LogP contribution is 2.40. The van der Waals surface area contributed by atoms with Gasteiger partial charge in [-0.15, -0.1) is 0 Å². The van der Waals surface area contributed by atoms with Crippen LogP contribution in [0.3, 0.4) is 0 Å². The largest absolute Gasteiger partial charge is 0.314 e. The molecule has 0 radical (unpaired) electrons. The number of thioether (sulfide) groups is 1. The Morgan fingerprint density at radius 3 is 2.63 bits per heavy atom. The molecule has 0 aromatic heterocycles. The number of likely N-dealkylation sites (tertiary alicyclic amines) is 1. The molecule has 2 aliphatic carbocycles. The van der Waals surface area contributed by atoms with E-state index >= 15 is 0 Å². The summed E-state index contributed by atoms with van der Waals surface area (Å²) in [6, 6.07) is 0.880. The van der Waals surface area contributed by atoms with Gasteiger partial charge in [0.2, 0.25) is 0 Å². The zero-order chi connectivity index (χ0) is 13.1. The van der Waals surface area contributed by atoms with Crippen molar-refractivity contribution >= 4 is 11.8 Å². The van der Waals surface area contributed by atoms with Crippen LogP contribution >= 0.6 is 11.8 Å². The minimum absolute atomic E-state index is 0.594. The van der Waals surface area contributed by atoms with Gasteiger partial charge in [0.25, 0.3) is 0 Å². The smallest absolute Gasteiger partial charge is 0.0284 e. The molecule has 1 N–H and O–H groups in total. The second-order valence-corrected chi connectivity index (χ2v) is 8.29. The Bertz CT molecular complexity index is 284. The molecule has 1 heterocycles. The highest BCUT2D eigenvalue weighted by atomic mass is 32.2. The lowest BCUT2D eigenvalue weighted by Crippen LogP contribution is -2.41. The summed E-state index contributed by atoms with van der Waals surface area (Å²) in [6.45, 7) is 5.32. The van der Waals surface area contributed by atoms with E-state index in [0.717, 1.165) is 12.0 Å². The summed E-state index contributed by atoms with van der Waals surface area (Å²) in [7, 11) is 0. The molecule has 0 bridgehead atoms. The lowest BCUT2D eigenvalue weighted by Gasteiger charge is -2.39. The van der Waals surface area contributed by atoms with Gasteiger partial charge in [-0.1, -0.05) is 19.3 Å². The minimum Gasteiger partial charge on any atom is -0.314 e. The van der Waals surface area contributed by atoms with E-state index in [9.17, 15) is 0 Å². The Morgan fingerprint density at radius 2 is 1.95 bits per heavy atom. The van der Waals surface area contributed by atoms with Crippen molar-refractivity contribution in [3.8, 4) is 0 Å². The van der Waals surface area contributed by atoms with Crippen LogP contribution in [0.25, 0.3) is 0 Å². The Kier molecular flexibility index (Phi) is 4.76. The summed E-state index contributed by atoms with van der Waals surface area (Å²) in [4.78, 5) is 2.76. The second-order valence-electron chi connectivity index (χ2n) is 7.02. The minimum atomic E-state index is 0.594. The first-order valence-electron chi connectivity index (χ1n) is 8.31. The Labute approximate surface area is 123 Å². The van der Waals surface area contributed by atoms with Crippen LogP contribution in [-0.2, 0) is 0 Å². The number of rotatable bonds is 6. The van der Waals surface area contributed by atoms with Gasteiger partial charge in [0.15, 0.2) is 0 Å². The summed E-state index contributed by atoms with van der Waals surface area (Å²) in [6.07, 6.45) is 13.9. The average Bonchev–Trinajstić information content (AvgIpc) is 3.18. The van der Waals surface area contributed by atoms with Crippen LogP contribution in [0, 0.1) is 5.92 Å². The van der Waals surface area contributed by atoms with Crippen molar-refractivity contribution < 1.29 is 0 Å². The lowest BCUT2D eigenvalue weighted by atomic mass is 9.88. The standard InChI is InChI=1S/C16H30N2S/c1-19-16(8-3-2-4-9-16)13-18-10-7-14(12-18)11-17-15-5-6-15/h14-15,17H,2-13H2,1H3. The Hall–Kier alpha value is 0.270. The number of hydrogen-bond acceptors (Lipinski definition) is 3. The van der Waals surface area contributed by atoms with E-state index in [1.165, 1.54) is 77.5 Å². The Balaban J connectivity index is 1.44. The maximum absolute atomic E-state index is 3.71. The van der Waals surface area contributed by atoms with Crippen LogP contribution in [-0.4, -0.2) is 48.1 Å². The summed E-state index contributed by atoms with van der Waals surface area (Å²) < 4.78 is 0.594. The Morgan fingerprint density at radius 1 is 1.16 bits per heavy atom. The topological polar surface area (TPSA) is 15.3 Å². The molecule has 19 heavy (non-hydrogen) atoms. The molecule has 0 spiro atoms. The van der Waals surface area contributed by atoms with Crippen molar-refractivity contribution in [2.24, 2.45) is 5.92 Å². The molecule has 1 unspecified atom stereocenters. The predicted molar refractivity (Wildman–Crippen MR) is 84.9 cm³/mol. The molecular weight excluding hydrogens is 252 g/mol. The quantitative estimate of drug-likeness (QED) is 0.806. The van der Waals surface area contributed by atoms with Crippen LogP contribution in [0.5, 0.6) is 0 Å². The van der Waals surface area contributed by atoms with Gasteiger partial charge >= 0.3 is 0 Å². The molecule has 1 aliphatic heterocycles. The van der Waals surface area contributed by atoms with Crippen molar-refractivity contribution in [1.82, 2.24) is 10.2 Å². The summed E-state index contributed by atoms with van der Waals surface area (Å²) in [5, 5.41) is 3.71. The monoisotopic (exact) mass is 282 g/mol. The van der Waals surface area contributed by atoms with Crippen LogP contribution in [0.1, 0.15) is 51.4 Å². The number of hydrogen-bond donors (Lipinski definition) is 1. The van der Waals surface area contributed by atoms with Crippen molar-refractivity contribution in [1.29, 1.82) is 0 Å². The molecule has 2 nitrogen and oxygen atoms in total. The molecule has 3 aliphatic rings. The normalized spacial score (nSPS) is 31.7. The zero-order valence-electron chi connectivity index (χ0n) is 12.5. The first-order chi connectivity index (χ1) is 9.30. The fourth-order valence-electron chi connectivity index (χ4n) is 3.87. The highest BCUT2D eigenvalue weighted by molar-refractivity contribution is 8.00. The zero-order valence-corrected chi connectivity index (χ0v) is 13.3. The maximum Gasteiger partial charge on any atom is 0.0284 e. The van der Waals surface area contributed by atoms with Crippen molar-refractivity contribution in [3.63, 3.8) is 0 Å². The van der Waals surface area contributed by atoms with E-state index in [2.05, 4.69) is 28.2 Å². The summed E-state index contributed by atoms with van der Waals surface area (Å²) >= 11 is 2.15. The van der Waals surface area contributed by atoms with Gasteiger partial charge < -0.3 is 10.2 Å². The van der Waals surface area contributed by atoms with Crippen LogP contribution in [0.4, 0.5) is 0 Å². The van der Waals surface area contributed by atoms with Gasteiger partial charge in [0.1, 0.15) is 0 Å². The maximum atomic E-state index is 3.71. The fraction of sp³-hybridized carbons (Fsp3) is 1.00. The molecule has 3 fully saturated rings. The second kappa shape index (κ2) is 6.36. The fourth-order valence-corrected chi connectivity index (χ4v) is 4.88. The van der Waals surface area contributed by atoms with Gasteiger partial charge in [-0.05, 0) is 57.4 Å². The first-order valence-corrected chi connectivity index (χ1v) is 9.53. The molecule has 0 aromatic carbocycles. The lowest BCUT2D eigenvalue weighted by molar-refractivity contribution is 0.251. The SMILES string of the molecule is CSC1(CN2CCC(CNC3CC3)C2)CCCCC1. The van der Waals surface area contributed by atoms with Crippen LogP contribution < -0.4 is 5.32 Å². The molecule has 3 heteroatoms. The molecule has 0 amide bonds. The highest BCUT2D eigenvalue weighted by Gasteiger charge is 2.35.